The van der Waals surface area contributed by atoms with Gasteiger partial charge in [0.25, 0.3) is 0 Å². The van der Waals surface area contributed by atoms with E-state index in [-0.39, 0.29) is 11.6 Å². The lowest BCUT2D eigenvalue weighted by molar-refractivity contribution is 0.0602. The molecule has 7 nitrogen and oxygen atoms in total. The summed E-state index contributed by atoms with van der Waals surface area (Å²) >= 11 is 1.49. The highest BCUT2D eigenvalue weighted by molar-refractivity contribution is 7.15. The predicted octanol–water partition coefficient (Wildman–Crippen LogP) is 4.59. The van der Waals surface area contributed by atoms with E-state index in [4.69, 9.17) is 4.74 Å². The van der Waals surface area contributed by atoms with E-state index in [0.29, 0.717) is 29.8 Å². The average Bonchev–Trinajstić information content (AvgIpc) is 3.30. The summed E-state index contributed by atoms with van der Waals surface area (Å²) in [5, 5.41) is 9.54. The zero-order valence-electron chi connectivity index (χ0n) is 16.0. The molecule has 0 bridgehead atoms. The molecule has 0 spiro atoms. The molecule has 0 fully saturated rings. The van der Waals surface area contributed by atoms with E-state index >= 15 is 0 Å². The van der Waals surface area contributed by atoms with Gasteiger partial charge in [-0.1, -0.05) is 13.3 Å². The molecule has 3 aromatic rings. The van der Waals surface area contributed by atoms with Crippen LogP contribution in [0.4, 0.5) is 9.18 Å². The number of H-pyrrole nitrogens is 1. The maximum Gasteiger partial charge on any atom is 0.407 e. The summed E-state index contributed by atoms with van der Waals surface area (Å²) in [5.41, 5.74) is 1.92. The second-order valence-corrected chi connectivity index (χ2v) is 8.04. The van der Waals surface area contributed by atoms with Gasteiger partial charge in [-0.3, -0.25) is 0 Å². The third-order valence-corrected chi connectivity index (χ3v) is 6.43. The molecule has 29 heavy (non-hydrogen) atoms. The van der Waals surface area contributed by atoms with Gasteiger partial charge in [-0.05, 0) is 36.6 Å². The van der Waals surface area contributed by atoms with Crippen LogP contribution in [0.15, 0.2) is 18.2 Å². The minimum Gasteiger partial charge on any atom is -0.465 e. The minimum atomic E-state index is -0.911. The van der Waals surface area contributed by atoms with Crippen molar-refractivity contribution < 1.29 is 23.8 Å². The van der Waals surface area contributed by atoms with E-state index in [2.05, 4.69) is 9.97 Å². The number of nitrogens with one attached hydrogen (secondary N) is 1. The van der Waals surface area contributed by atoms with Crippen LogP contribution in [-0.4, -0.2) is 45.7 Å². The first-order valence-corrected chi connectivity index (χ1v) is 10.1. The number of amides is 1. The van der Waals surface area contributed by atoms with E-state index in [0.717, 1.165) is 34.2 Å². The Hall–Kier alpha value is -2.94. The second kappa shape index (κ2) is 7.47. The molecule has 0 aliphatic carbocycles. The summed E-state index contributed by atoms with van der Waals surface area (Å²) in [6.07, 6.45) is 1.34. The number of aromatic nitrogens is 2. The predicted molar refractivity (Wildman–Crippen MR) is 107 cm³/mol. The lowest BCUT2D eigenvalue weighted by Crippen LogP contribution is -2.38. The molecular weight excluding hydrogens is 397 g/mol. The van der Waals surface area contributed by atoms with Crippen LogP contribution in [0, 0.1) is 5.82 Å². The number of carboxylic acid groups (broad SMARTS) is 1. The summed E-state index contributed by atoms with van der Waals surface area (Å²) in [6, 6.07) is 4.23. The number of fused-ring (bicyclic) bond motifs is 2. The molecule has 1 atom stereocenters. The van der Waals surface area contributed by atoms with Crippen molar-refractivity contribution >= 4 is 34.4 Å². The van der Waals surface area contributed by atoms with Gasteiger partial charge in [0.2, 0.25) is 0 Å². The molecule has 1 aliphatic rings. The molecule has 2 aromatic heterocycles. The van der Waals surface area contributed by atoms with Crippen LogP contribution in [0.5, 0.6) is 0 Å². The standard InChI is InChI=1S/C20H20FN3O4S/c1-3-4-14-17-10(5-6-24(14)20(26)27)7-15(29-17)18-22-13-9-11(21)8-12(16(13)23-18)19(25)28-2/h7-9,14H,3-6H2,1-2H3,(H,22,23)(H,26,27). The average molecular weight is 417 g/mol. The van der Waals surface area contributed by atoms with Crippen molar-refractivity contribution in [3.8, 4) is 10.7 Å². The Kier molecular flexibility index (Phi) is 4.99. The molecule has 4 rings (SSSR count). The smallest absolute Gasteiger partial charge is 0.407 e. The van der Waals surface area contributed by atoms with Crippen LogP contribution in [0.3, 0.4) is 0 Å². The molecule has 0 radical (unpaired) electrons. The number of rotatable bonds is 4. The summed E-state index contributed by atoms with van der Waals surface area (Å²) in [4.78, 5) is 34.6. The Morgan fingerprint density at radius 2 is 2.21 bits per heavy atom. The number of benzene rings is 1. The monoisotopic (exact) mass is 417 g/mol. The van der Waals surface area contributed by atoms with E-state index in [1.807, 2.05) is 13.0 Å². The summed E-state index contributed by atoms with van der Waals surface area (Å²) in [6.45, 7) is 2.49. The van der Waals surface area contributed by atoms with Gasteiger partial charge in [0.15, 0.2) is 0 Å². The molecule has 9 heteroatoms. The Morgan fingerprint density at radius 3 is 2.90 bits per heavy atom. The molecule has 0 saturated carbocycles. The zero-order valence-corrected chi connectivity index (χ0v) is 16.8. The Bertz CT molecular complexity index is 1110. The van der Waals surface area contributed by atoms with Crippen molar-refractivity contribution in [3.63, 3.8) is 0 Å². The maximum absolute atomic E-state index is 13.9. The zero-order chi connectivity index (χ0) is 20.7. The molecule has 3 heterocycles. The lowest BCUT2D eigenvalue weighted by atomic mass is 9.98. The fourth-order valence-corrected chi connectivity index (χ4v) is 5.13. The van der Waals surface area contributed by atoms with Crippen LogP contribution in [0.1, 0.15) is 46.6 Å². The summed E-state index contributed by atoms with van der Waals surface area (Å²) < 4.78 is 18.7. The number of nitrogens with zero attached hydrogens (tertiary/aromatic N) is 2. The highest BCUT2D eigenvalue weighted by Gasteiger charge is 2.32. The molecule has 152 valence electrons. The van der Waals surface area contributed by atoms with Gasteiger partial charge < -0.3 is 19.7 Å². The largest absolute Gasteiger partial charge is 0.465 e. The first kappa shape index (κ1) is 19.4. The first-order valence-electron chi connectivity index (χ1n) is 9.33. The third kappa shape index (κ3) is 3.35. The van der Waals surface area contributed by atoms with E-state index in [1.54, 1.807) is 0 Å². The Balaban J connectivity index is 1.79. The number of aromatic amines is 1. The number of imidazole rings is 1. The summed E-state index contributed by atoms with van der Waals surface area (Å²) in [7, 11) is 1.24. The van der Waals surface area contributed by atoms with E-state index < -0.39 is 17.9 Å². The van der Waals surface area contributed by atoms with Crippen LogP contribution >= 0.6 is 11.3 Å². The highest BCUT2D eigenvalue weighted by atomic mass is 32.1. The SMILES string of the molecule is CCCC1c2sc(-c3nc4c(C(=O)OC)cc(F)cc4[nH]3)cc2CCN1C(=O)O. The third-order valence-electron chi connectivity index (χ3n) is 5.14. The van der Waals surface area contributed by atoms with Crippen LogP contribution in [0.25, 0.3) is 21.7 Å². The van der Waals surface area contributed by atoms with Gasteiger partial charge in [0, 0.05) is 11.4 Å². The van der Waals surface area contributed by atoms with Crippen molar-refractivity contribution in [2.24, 2.45) is 0 Å². The molecule has 1 aromatic carbocycles. The van der Waals surface area contributed by atoms with Crippen molar-refractivity contribution in [2.75, 3.05) is 13.7 Å². The number of ether oxygens (including phenoxy) is 1. The van der Waals surface area contributed by atoms with Crippen molar-refractivity contribution in [3.05, 3.63) is 40.0 Å². The lowest BCUT2D eigenvalue weighted by Gasteiger charge is -2.33. The molecule has 1 unspecified atom stereocenters. The number of halogens is 1. The quantitative estimate of drug-likeness (QED) is 0.605. The fourth-order valence-electron chi connectivity index (χ4n) is 3.83. The van der Waals surface area contributed by atoms with Crippen molar-refractivity contribution in [1.29, 1.82) is 0 Å². The number of thiophene rings is 1. The Morgan fingerprint density at radius 1 is 1.41 bits per heavy atom. The van der Waals surface area contributed by atoms with Crippen LogP contribution < -0.4 is 0 Å². The van der Waals surface area contributed by atoms with Crippen LogP contribution in [-0.2, 0) is 11.2 Å². The molecular formula is C20H20FN3O4S. The molecule has 1 aliphatic heterocycles. The van der Waals surface area contributed by atoms with Crippen molar-refractivity contribution in [2.45, 2.75) is 32.2 Å². The number of carbonyl (C=O) groups is 2. The molecule has 1 amide bonds. The summed E-state index contributed by atoms with van der Waals surface area (Å²) in [5.74, 6) is -0.691. The number of methoxy groups -OCH3 is 1. The first-order chi connectivity index (χ1) is 13.9. The highest BCUT2D eigenvalue weighted by Crippen LogP contribution is 2.42. The fraction of sp³-hybridized carbons (Fsp3) is 0.350. The number of carbonyl (C=O) groups excluding carboxylic acids is 1. The van der Waals surface area contributed by atoms with Gasteiger partial charge >= 0.3 is 12.1 Å². The Labute approximate surface area is 170 Å². The van der Waals surface area contributed by atoms with Gasteiger partial charge in [-0.15, -0.1) is 11.3 Å². The molecule has 0 saturated heterocycles. The van der Waals surface area contributed by atoms with Gasteiger partial charge in [0.05, 0.1) is 29.1 Å². The minimum absolute atomic E-state index is 0.0623. The topological polar surface area (TPSA) is 95.5 Å². The van der Waals surface area contributed by atoms with Gasteiger partial charge in [0.1, 0.15) is 17.2 Å². The number of hydrogen-bond donors (Lipinski definition) is 2. The maximum atomic E-state index is 13.9. The van der Waals surface area contributed by atoms with Crippen molar-refractivity contribution in [1.82, 2.24) is 14.9 Å². The van der Waals surface area contributed by atoms with Crippen LogP contribution in [0.2, 0.25) is 0 Å². The van der Waals surface area contributed by atoms with E-state index in [9.17, 15) is 19.1 Å². The van der Waals surface area contributed by atoms with Gasteiger partial charge in [-0.25, -0.2) is 19.0 Å². The number of hydrogen-bond acceptors (Lipinski definition) is 5. The number of esters is 1. The normalized spacial score (nSPS) is 16.1. The van der Waals surface area contributed by atoms with Gasteiger partial charge in [-0.2, -0.15) is 0 Å². The molecule has 2 N–H and O–H groups in total. The second-order valence-electron chi connectivity index (χ2n) is 6.96. The van der Waals surface area contributed by atoms with E-state index in [1.165, 1.54) is 29.4 Å².